The van der Waals surface area contributed by atoms with Crippen LogP contribution in [0.25, 0.3) is 0 Å². The van der Waals surface area contributed by atoms with Gasteiger partial charge in [-0.2, -0.15) is 5.10 Å². The van der Waals surface area contributed by atoms with Gasteiger partial charge in [0, 0.05) is 19.0 Å². The fourth-order valence-corrected chi connectivity index (χ4v) is 2.93. The van der Waals surface area contributed by atoms with E-state index in [4.69, 9.17) is 0 Å². The molecule has 106 valence electrons. The molecular formula is C16H26N2O. The third kappa shape index (κ3) is 4.48. The Balaban J connectivity index is 1.75. The largest absolute Gasteiger partial charge is 0.300 e. The number of aryl methyl sites for hydroxylation is 1. The van der Waals surface area contributed by atoms with Gasteiger partial charge in [-0.25, -0.2) is 0 Å². The summed E-state index contributed by atoms with van der Waals surface area (Å²) in [5.41, 5.74) is 1.15. The summed E-state index contributed by atoms with van der Waals surface area (Å²) >= 11 is 0. The predicted octanol–water partition coefficient (Wildman–Crippen LogP) is 4.08. The zero-order valence-electron chi connectivity index (χ0n) is 12.1. The summed E-state index contributed by atoms with van der Waals surface area (Å²) in [6, 6.07) is 2.74. The molecule has 0 radical (unpaired) electrons. The monoisotopic (exact) mass is 262 g/mol. The topological polar surface area (TPSA) is 34.9 Å². The van der Waals surface area contributed by atoms with Crippen molar-refractivity contribution in [3.05, 3.63) is 18.0 Å². The molecule has 0 N–H and O–H groups in total. The number of ketones is 1. The minimum absolute atomic E-state index is 0.397. The Morgan fingerprint density at radius 1 is 1.32 bits per heavy atom. The predicted molar refractivity (Wildman–Crippen MR) is 77.2 cm³/mol. The standard InChI is InChI=1S/C16H26N2O/c1-2-7-16(19)11-6-8-14-12-13-18(17-14)15-9-4-3-5-10-15/h12-13,15H,2-11H2,1H3. The van der Waals surface area contributed by atoms with Crippen LogP contribution in [0.4, 0.5) is 0 Å². The van der Waals surface area contributed by atoms with E-state index in [9.17, 15) is 4.79 Å². The van der Waals surface area contributed by atoms with Gasteiger partial charge in [0.15, 0.2) is 0 Å². The molecule has 0 aliphatic heterocycles. The maximum atomic E-state index is 11.5. The molecule has 1 aromatic rings. The third-order valence-corrected chi connectivity index (χ3v) is 4.03. The molecule has 1 saturated carbocycles. The van der Waals surface area contributed by atoms with E-state index in [0.29, 0.717) is 18.2 Å². The van der Waals surface area contributed by atoms with Gasteiger partial charge in [0.2, 0.25) is 0 Å². The number of nitrogens with zero attached hydrogens (tertiary/aromatic N) is 2. The molecule has 1 aliphatic carbocycles. The number of rotatable bonds is 7. The summed E-state index contributed by atoms with van der Waals surface area (Å²) in [5.74, 6) is 0.397. The highest BCUT2D eigenvalue weighted by Gasteiger charge is 2.15. The molecule has 0 amide bonds. The smallest absolute Gasteiger partial charge is 0.132 e. The van der Waals surface area contributed by atoms with E-state index in [2.05, 4.69) is 29.0 Å². The van der Waals surface area contributed by atoms with Crippen molar-refractivity contribution in [1.82, 2.24) is 9.78 Å². The highest BCUT2D eigenvalue weighted by Crippen LogP contribution is 2.27. The quantitative estimate of drug-likeness (QED) is 0.742. The molecule has 1 aliphatic rings. The van der Waals surface area contributed by atoms with Crippen molar-refractivity contribution in [1.29, 1.82) is 0 Å². The number of hydrogen-bond acceptors (Lipinski definition) is 2. The lowest BCUT2D eigenvalue weighted by Crippen LogP contribution is -2.13. The van der Waals surface area contributed by atoms with Gasteiger partial charge in [-0.3, -0.25) is 9.48 Å². The number of aromatic nitrogens is 2. The Morgan fingerprint density at radius 3 is 2.84 bits per heavy atom. The Bertz CT molecular complexity index is 391. The van der Waals surface area contributed by atoms with Crippen molar-refractivity contribution in [3.63, 3.8) is 0 Å². The van der Waals surface area contributed by atoms with Gasteiger partial charge in [0.05, 0.1) is 11.7 Å². The van der Waals surface area contributed by atoms with Crippen LogP contribution in [-0.2, 0) is 11.2 Å². The number of Topliss-reactive ketones (excluding diaryl/α,β-unsaturated/α-hetero) is 1. The van der Waals surface area contributed by atoms with Crippen molar-refractivity contribution in [2.24, 2.45) is 0 Å². The highest BCUT2D eigenvalue weighted by atomic mass is 16.1. The normalized spacial score (nSPS) is 16.7. The lowest BCUT2D eigenvalue weighted by atomic mass is 9.96. The second-order valence-electron chi connectivity index (χ2n) is 5.72. The molecule has 2 rings (SSSR count). The van der Waals surface area contributed by atoms with E-state index in [1.165, 1.54) is 32.1 Å². The maximum Gasteiger partial charge on any atom is 0.132 e. The fraction of sp³-hybridized carbons (Fsp3) is 0.750. The minimum Gasteiger partial charge on any atom is -0.300 e. The van der Waals surface area contributed by atoms with Crippen LogP contribution in [-0.4, -0.2) is 15.6 Å². The second kappa shape index (κ2) is 7.46. The first-order chi connectivity index (χ1) is 9.29. The van der Waals surface area contributed by atoms with Gasteiger partial charge < -0.3 is 0 Å². The first-order valence-corrected chi connectivity index (χ1v) is 7.85. The second-order valence-corrected chi connectivity index (χ2v) is 5.72. The summed E-state index contributed by atoms with van der Waals surface area (Å²) in [6.45, 7) is 2.06. The first kappa shape index (κ1) is 14.3. The van der Waals surface area contributed by atoms with E-state index in [1.54, 1.807) is 0 Å². The Hall–Kier alpha value is -1.12. The van der Waals surface area contributed by atoms with E-state index in [1.807, 2.05) is 0 Å². The van der Waals surface area contributed by atoms with E-state index < -0.39 is 0 Å². The van der Waals surface area contributed by atoms with E-state index >= 15 is 0 Å². The summed E-state index contributed by atoms with van der Waals surface area (Å²) in [5, 5.41) is 4.68. The SMILES string of the molecule is CCCC(=O)CCCc1ccn(C2CCCCC2)n1. The zero-order chi connectivity index (χ0) is 13.5. The van der Waals surface area contributed by atoms with Crippen molar-refractivity contribution in [2.75, 3.05) is 0 Å². The minimum atomic E-state index is 0.397. The van der Waals surface area contributed by atoms with Gasteiger partial charge in [-0.05, 0) is 38.2 Å². The summed E-state index contributed by atoms with van der Waals surface area (Å²) in [7, 11) is 0. The van der Waals surface area contributed by atoms with Crippen LogP contribution in [0.2, 0.25) is 0 Å². The molecule has 1 fully saturated rings. The van der Waals surface area contributed by atoms with Crippen LogP contribution >= 0.6 is 0 Å². The molecule has 1 heterocycles. The highest BCUT2D eigenvalue weighted by molar-refractivity contribution is 5.78. The molecule has 0 spiro atoms. The van der Waals surface area contributed by atoms with Gasteiger partial charge in [-0.1, -0.05) is 26.2 Å². The third-order valence-electron chi connectivity index (χ3n) is 4.03. The Morgan fingerprint density at radius 2 is 2.11 bits per heavy atom. The number of carbonyl (C=O) groups is 1. The maximum absolute atomic E-state index is 11.5. The molecule has 3 nitrogen and oxygen atoms in total. The molecular weight excluding hydrogens is 236 g/mol. The van der Waals surface area contributed by atoms with Crippen LogP contribution in [0.15, 0.2) is 12.3 Å². The van der Waals surface area contributed by atoms with Crippen molar-refractivity contribution in [3.8, 4) is 0 Å². The molecule has 0 bridgehead atoms. The fourth-order valence-electron chi connectivity index (χ4n) is 2.93. The van der Waals surface area contributed by atoms with Gasteiger partial charge in [0.25, 0.3) is 0 Å². The van der Waals surface area contributed by atoms with Crippen LogP contribution in [0.5, 0.6) is 0 Å². The van der Waals surface area contributed by atoms with Gasteiger partial charge in [0.1, 0.15) is 5.78 Å². The van der Waals surface area contributed by atoms with E-state index in [-0.39, 0.29) is 0 Å². The molecule has 0 aromatic carbocycles. The van der Waals surface area contributed by atoms with Crippen molar-refractivity contribution < 1.29 is 4.79 Å². The summed E-state index contributed by atoms with van der Waals surface area (Å²) < 4.78 is 2.16. The number of hydrogen-bond donors (Lipinski definition) is 0. The Kier molecular flexibility index (Phi) is 5.62. The van der Waals surface area contributed by atoms with Gasteiger partial charge >= 0.3 is 0 Å². The van der Waals surface area contributed by atoms with Crippen molar-refractivity contribution >= 4 is 5.78 Å². The van der Waals surface area contributed by atoms with Crippen LogP contribution in [0, 0.1) is 0 Å². The molecule has 19 heavy (non-hydrogen) atoms. The number of carbonyl (C=O) groups excluding carboxylic acids is 1. The van der Waals surface area contributed by atoms with Crippen LogP contribution in [0.3, 0.4) is 0 Å². The lowest BCUT2D eigenvalue weighted by Gasteiger charge is -2.21. The zero-order valence-corrected chi connectivity index (χ0v) is 12.1. The summed E-state index contributed by atoms with van der Waals surface area (Å²) in [6.07, 6.45) is 13.0. The first-order valence-electron chi connectivity index (χ1n) is 7.85. The molecule has 0 unspecified atom stereocenters. The Labute approximate surface area is 116 Å². The molecule has 3 heteroatoms. The van der Waals surface area contributed by atoms with Gasteiger partial charge in [-0.15, -0.1) is 0 Å². The lowest BCUT2D eigenvalue weighted by molar-refractivity contribution is -0.119. The molecule has 0 saturated heterocycles. The van der Waals surface area contributed by atoms with Crippen molar-refractivity contribution in [2.45, 2.75) is 77.2 Å². The van der Waals surface area contributed by atoms with Crippen LogP contribution in [0.1, 0.15) is 76.4 Å². The van der Waals surface area contributed by atoms with E-state index in [0.717, 1.165) is 31.4 Å². The average molecular weight is 262 g/mol. The molecule has 1 aromatic heterocycles. The molecule has 0 atom stereocenters. The summed E-state index contributed by atoms with van der Waals surface area (Å²) in [4.78, 5) is 11.5. The van der Waals surface area contributed by atoms with Crippen LogP contribution < -0.4 is 0 Å². The average Bonchev–Trinajstić information content (AvgIpc) is 2.89.